The molecule has 0 radical (unpaired) electrons. The van der Waals surface area contributed by atoms with Crippen LogP contribution < -0.4 is 5.32 Å². The van der Waals surface area contributed by atoms with Crippen LogP contribution in [-0.2, 0) is 4.74 Å². The number of ketones is 1. The second-order valence-corrected chi connectivity index (χ2v) is 8.06. The second kappa shape index (κ2) is 7.71. The summed E-state index contributed by atoms with van der Waals surface area (Å²) in [6.45, 7) is 3.59. The van der Waals surface area contributed by atoms with E-state index in [1.807, 2.05) is 19.9 Å². The van der Waals surface area contributed by atoms with Crippen LogP contribution >= 0.6 is 11.3 Å². The SMILES string of the molecule is Cc1cc(C(=O)COC(=O)c2ccc(NC(=O)c3ccco3)s2)c(C)n1C1CC1. The lowest BCUT2D eigenvalue weighted by atomic mass is 10.1. The maximum absolute atomic E-state index is 12.5. The van der Waals surface area contributed by atoms with Crippen molar-refractivity contribution in [2.75, 3.05) is 11.9 Å². The van der Waals surface area contributed by atoms with Gasteiger partial charge in [-0.2, -0.15) is 0 Å². The summed E-state index contributed by atoms with van der Waals surface area (Å²) in [5, 5.41) is 3.14. The zero-order valence-corrected chi connectivity index (χ0v) is 16.9. The van der Waals surface area contributed by atoms with Crippen LogP contribution in [0.3, 0.4) is 0 Å². The van der Waals surface area contributed by atoms with Crippen molar-refractivity contribution in [1.29, 1.82) is 0 Å². The summed E-state index contributed by atoms with van der Waals surface area (Å²) in [7, 11) is 0. The number of ether oxygens (including phenoxy) is 1. The number of rotatable bonds is 7. The quantitative estimate of drug-likeness (QED) is 0.459. The smallest absolute Gasteiger partial charge is 0.348 e. The zero-order chi connectivity index (χ0) is 20.5. The van der Waals surface area contributed by atoms with E-state index in [0.29, 0.717) is 21.5 Å². The Kier molecular flexibility index (Phi) is 5.10. The Bertz CT molecular complexity index is 1070. The number of carbonyl (C=O) groups excluding carboxylic acids is 3. The predicted molar refractivity (Wildman–Crippen MR) is 108 cm³/mol. The van der Waals surface area contributed by atoms with E-state index in [4.69, 9.17) is 9.15 Å². The molecule has 0 bridgehead atoms. The molecule has 1 aliphatic rings. The fraction of sp³-hybridized carbons (Fsp3) is 0.286. The summed E-state index contributed by atoms with van der Waals surface area (Å²) in [5.41, 5.74) is 2.57. The van der Waals surface area contributed by atoms with E-state index in [9.17, 15) is 14.4 Å². The van der Waals surface area contributed by atoms with Crippen LogP contribution in [0.2, 0.25) is 0 Å². The molecule has 0 spiro atoms. The number of nitrogens with zero attached hydrogens (tertiary/aromatic N) is 1. The second-order valence-electron chi connectivity index (χ2n) is 6.98. The van der Waals surface area contributed by atoms with Crippen LogP contribution in [0.1, 0.15) is 60.9 Å². The number of aromatic nitrogens is 1. The minimum atomic E-state index is -0.599. The van der Waals surface area contributed by atoms with Crippen LogP contribution in [0.25, 0.3) is 0 Å². The standard InChI is InChI=1S/C21H20N2O5S/c1-12-10-15(13(2)23(12)14-5-6-14)16(24)11-28-21(26)18-7-8-19(29-18)22-20(25)17-4-3-9-27-17/h3-4,7-10,14H,5-6,11H2,1-2H3,(H,22,25). The van der Waals surface area contributed by atoms with E-state index >= 15 is 0 Å². The molecule has 3 heterocycles. The molecular formula is C21H20N2O5S. The first-order chi connectivity index (χ1) is 13.9. The number of nitrogens with one attached hydrogen (secondary N) is 1. The molecule has 1 N–H and O–H groups in total. The maximum atomic E-state index is 12.5. The van der Waals surface area contributed by atoms with Gasteiger partial charge in [-0.3, -0.25) is 9.59 Å². The van der Waals surface area contributed by atoms with Gasteiger partial charge < -0.3 is 19.0 Å². The van der Waals surface area contributed by atoms with Crippen molar-refractivity contribution in [1.82, 2.24) is 4.57 Å². The monoisotopic (exact) mass is 412 g/mol. The molecule has 1 aliphatic carbocycles. The summed E-state index contributed by atoms with van der Waals surface area (Å²) in [6.07, 6.45) is 3.68. The van der Waals surface area contributed by atoms with E-state index in [1.54, 1.807) is 24.3 Å². The molecule has 0 unspecified atom stereocenters. The van der Waals surface area contributed by atoms with Gasteiger partial charge in [0.25, 0.3) is 5.91 Å². The van der Waals surface area contributed by atoms with Gasteiger partial charge in [-0.15, -0.1) is 11.3 Å². The lowest BCUT2D eigenvalue weighted by molar-refractivity contribution is 0.0479. The van der Waals surface area contributed by atoms with E-state index in [1.165, 1.54) is 6.26 Å². The Morgan fingerprint density at radius 1 is 1.24 bits per heavy atom. The fourth-order valence-corrected chi connectivity index (χ4v) is 4.13. The summed E-state index contributed by atoms with van der Waals surface area (Å²) < 4.78 is 12.4. The number of hydrogen-bond acceptors (Lipinski definition) is 6. The lowest BCUT2D eigenvalue weighted by Crippen LogP contribution is -2.14. The van der Waals surface area contributed by atoms with Crippen molar-refractivity contribution in [3.63, 3.8) is 0 Å². The van der Waals surface area contributed by atoms with Gasteiger partial charge >= 0.3 is 5.97 Å². The number of carbonyl (C=O) groups is 3. The number of esters is 1. The third kappa shape index (κ3) is 4.02. The molecule has 7 nitrogen and oxygen atoms in total. The average Bonchev–Trinajstić information content (AvgIpc) is 3.11. The highest BCUT2D eigenvalue weighted by molar-refractivity contribution is 7.18. The van der Waals surface area contributed by atoms with E-state index in [0.717, 1.165) is 35.6 Å². The highest BCUT2D eigenvalue weighted by Crippen LogP contribution is 2.38. The van der Waals surface area contributed by atoms with Crippen LogP contribution in [0.5, 0.6) is 0 Å². The molecule has 150 valence electrons. The summed E-state index contributed by atoms with van der Waals surface area (Å²) in [5.74, 6) is -1.05. The number of thiophene rings is 1. The third-order valence-electron chi connectivity index (χ3n) is 4.82. The molecule has 4 rings (SSSR count). The van der Waals surface area contributed by atoms with Gasteiger partial charge in [-0.25, -0.2) is 4.79 Å². The average molecular weight is 412 g/mol. The van der Waals surface area contributed by atoms with Crippen molar-refractivity contribution in [2.24, 2.45) is 0 Å². The highest BCUT2D eigenvalue weighted by Gasteiger charge is 2.28. The first-order valence-corrected chi connectivity index (χ1v) is 10.1. The third-order valence-corrected chi connectivity index (χ3v) is 5.80. The number of aryl methyl sites for hydroxylation is 1. The molecule has 8 heteroatoms. The Balaban J connectivity index is 1.35. The highest BCUT2D eigenvalue weighted by atomic mass is 32.1. The minimum Gasteiger partial charge on any atom is -0.459 e. The van der Waals surface area contributed by atoms with Crippen molar-refractivity contribution in [2.45, 2.75) is 32.7 Å². The van der Waals surface area contributed by atoms with Crippen LogP contribution in [0.15, 0.2) is 41.0 Å². The molecule has 0 aliphatic heterocycles. The Morgan fingerprint density at radius 2 is 2.03 bits per heavy atom. The lowest BCUT2D eigenvalue weighted by Gasteiger charge is -2.07. The molecule has 0 atom stereocenters. The predicted octanol–water partition coefficient (Wildman–Crippen LogP) is 4.39. The van der Waals surface area contributed by atoms with Crippen molar-refractivity contribution in [3.8, 4) is 0 Å². The molecule has 3 aromatic heterocycles. The number of furan rings is 1. The minimum absolute atomic E-state index is 0.178. The zero-order valence-electron chi connectivity index (χ0n) is 16.1. The van der Waals surface area contributed by atoms with Crippen molar-refractivity contribution >= 4 is 34.0 Å². The Morgan fingerprint density at radius 3 is 2.72 bits per heavy atom. The summed E-state index contributed by atoms with van der Waals surface area (Å²) >= 11 is 1.07. The van der Waals surface area contributed by atoms with Gasteiger partial charge in [0.2, 0.25) is 5.78 Å². The fourth-order valence-electron chi connectivity index (χ4n) is 3.33. The van der Waals surface area contributed by atoms with Gasteiger partial charge in [-0.1, -0.05) is 0 Å². The first kappa shape index (κ1) is 19.2. The topological polar surface area (TPSA) is 90.5 Å². The Labute approximate surface area is 171 Å². The summed E-state index contributed by atoms with van der Waals surface area (Å²) in [4.78, 5) is 37.1. The van der Waals surface area contributed by atoms with Gasteiger partial charge in [-0.05, 0) is 57.0 Å². The molecule has 1 fully saturated rings. The maximum Gasteiger partial charge on any atom is 0.348 e. The molecule has 29 heavy (non-hydrogen) atoms. The van der Waals surface area contributed by atoms with Crippen molar-refractivity contribution in [3.05, 3.63) is 64.2 Å². The number of amides is 1. The van der Waals surface area contributed by atoms with Gasteiger partial charge in [0.1, 0.15) is 4.88 Å². The normalized spacial score (nSPS) is 13.3. The van der Waals surface area contributed by atoms with Crippen LogP contribution in [0.4, 0.5) is 5.00 Å². The molecule has 1 saturated carbocycles. The molecule has 1 amide bonds. The molecular weight excluding hydrogens is 392 g/mol. The molecule has 3 aromatic rings. The largest absolute Gasteiger partial charge is 0.459 e. The van der Waals surface area contributed by atoms with Crippen molar-refractivity contribution < 1.29 is 23.5 Å². The van der Waals surface area contributed by atoms with Gasteiger partial charge in [0.05, 0.1) is 11.3 Å². The van der Waals surface area contributed by atoms with E-state index in [-0.39, 0.29) is 18.2 Å². The van der Waals surface area contributed by atoms with Crippen LogP contribution in [-0.4, -0.2) is 28.8 Å². The number of hydrogen-bond donors (Lipinski definition) is 1. The van der Waals surface area contributed by atoms with Gasteiger partial charge in [0.15, 0.2) is 12.4 Å². The summed E-state index contributed by atoms with van der Waals surface area (Å²) in [6, 6.07) is 8.66. The first-order valence-electron chi connectivity index (χ1n) is 9.27. The van der Waals surface area contributed by atoms with Crippen LogP contribution in [0, 0.1) is 13.8 Å². The number of Topliss-reactive ketones (excluding diaryl/α,β-unsaturated/α-hetero) is 1. The van der Waals surface area contributed by atoms with E-state index in [2.05, 4.69) is 9.88 Å². The van der Waals surface area contributed by atoms with E-state index < -0.39 is 11.9 Å². The molecule has 0 aromatic carbocycles. The Hall–Kier alpha value is -3.13. The number of anilines is 1. The molecule has 0 saturated heterocycles. The van der Waals surface area contributed by atoms with Gasteiger partial charge in [0, 0.05) is 23.0 Å².